The van der Waals surface area contributed by atoms with Gasteiger partial charge in [0.15, 0.2) is 0 Å². The van der Waals surface area contributed by atoms with E-state index < -0.39 is 0 Å². The summed E-state index contributed by atoms with van der Waals surface area (Å²) in [5.41, 5.74) is 1.95. The Hall–Kier alpha value is -1.83. The van der Waals surface area contributed by atoms with Crippen LogP contribution < -0.4 is 0 Å². The van der Waals surface area contributed by atoms with Crippen molar-refractivity contribution in [3.8, 4) is 0 Å². The second-order valence-corrected chi connectivity index (χ2v) is 4.58. The fourth-order valence-electron chi connectivity index (χ4n) is 2.23. The lowest BCUT2D eigenvalue weighted by Gasteiger charge is -2.05. The summed E-state index contributed by atoms with van der Waals surface area (Å²) in [5, 5.41) is 1.14. The van der Waals surface area contributed by atoms with Crippen molar-refractivity contribution < 1.29 is 4.79 Å². The average molecular weight is 241 g/mol. The van der Waals surface area contributed by atoms with Crippen molar-refractivity contribution in [1.82, 2.24) is 4.57 Å². The second kappa shape index (κ2) is 6.20. The topological polar surface area (TPSA) is 22.0 Å². The van der Waals surface area contributed by atoms with Gasteiger partial charge in [-0.2, -0.15) is 0 Å². The first kappa shape index (κ1) is 12.6. The number of fused-ring (bicyclic) bond motifs is 1. The van der Waals surface area contributed by atoms with Crippen LogP contribution in [0.25, 0.3) is 10.9 Å². The molecule has 0 amide bonds. The Morgan fingerprint density at radius 1 is 1.17 bits per heavy atom. The highest BCUT2D eigenvalue weighted by molar-refractivity contribution is 5.87. The van der Waals surface area contributed by atoms with E-state index in [1.165, 1.54) is 24.8 Å². The molecule has 0 saturated heterocycles. The van der Waals surface area contributed by atoms with Crippen LogP contribution in [0.5, 0.6) is 0 Å². The molecule has 18 heavy (non-hydrogen) atoms. The van der Waals surface area contributed by atoms with Crippen molar-refractivity contribution in [1.29, 1.82) is 0 Å². The van der Waals surface area contributed by atoms with E-state index in [4.69, 9.17) is 0 Å². The van der Waals surface area contributed by atoms with Crippen LogP contribution in [-0.2, 0) is 6.54 Å². The lowest BCUT2D eigenvalue weighted by atomic mass is 10.1. The molecule has 0 aliphatic carbocycles. The third-order valence-corrected chi connectivity index (χ3v) is 3.24. The average Bonchev–Trinajstić information content (AvgIpc) is 2.81. The fourth-order valence-corrected chi connectivity index (χ4v) is 2.23. The molecule has 2 nitrogen and oxygen atoms in total. The SMILES string of the molecule is C=CCCCCCn1ccc2cc(C=O)ccc21. The number of aromatic nitrogens is 1. The fraction of sp³-hybridized carbons (Fsp3) is 0.312. The highest BCUT2D eigenvalue weighted by Gasteiger charge is 2.01. The summed E-state index contributed by atoms with van der Waals surface area (Å²) in [6.07, 6.45) is 9.73. The molecule has 0 aliphatic rings. The minimum Gasteiger partial charge on any atom is -0.347 e. The van der Waals surface area contributed by atoms with Crippen LogP contribution in [0.2, 0.25) is 0 Å². The molecule has 1 heterocycles. The van der Waals surface area contributed by atoms with Crippen LogP contribution in [0.4, 0.5) is 0 Å². The van der Waals surface area contributed by atoms with Crippen LogP contribution in [0.1, 0.15) is 36.0 Å². The van der Waals surface area contributed by atoms with Gasteiger partial charge < -0.3 is 4.57 Å². The first-order valence-electron chi connectivity index (χ1n) is 6.50. The van der Waals surface area contributed by atoms with Gasteiger partial charge in [-0.25, -0.2) is 0 Å². The van der Waals surface area contributed by atoms with Gasteiger partial charge in [0.05, 0.1) is 0 Å². The molecule has 0 aliphatic heterocycles. The van der Waals surface area contributed by atoms with Crippen molar-refractivity contribution in [3.05, 3.63) is 48.7 Å². The maximum Gasteiger partial charge on any atom is 0.150 e. The van der Waals surface area contributed by atoms with Gasteiger partial charge in [0.1, 0.15) is 6.29 Å². The molecule has 2 rings (SSSR count). The number of carbonyl (C=O) groups excluding carboxylic acids is 1. The largest absolute Gasteiger partial charge is 0.347 e. The summed E-state index contributed by atoms with van der Waals surface area (Å²) < 4.78 is 2.26. The van der Waals surface area contributed by atoms with Gasteiger partial charge in [-0.15, -0.1) is 6.58 Å². The van der Waals surface area contributed by atoms with Crippen molar-refractivity contribution in [2.75, 3.05) is 0 Å². The smallest absolute Gasteiger partial charge is 0.150 e. The van der Waals surface area contributed by atoms with Gasteiger partial charge in [0.2, 0.25) is 0 Å². The summed E-state index contributed by atoms with van der Waals surface area (Å²) >= 11 is 0. The monoisotopic (exact) mass is 241 g/mol. The molecule has 0 bridgehead atoms. The van der Waals surface area contributed by atoms with Crippen LogP contribution in [-0.4, -0.2) is 10.9 Å². The molecule has 1 aromatic heterocycles. The van der Waals surface area contributed by atoms with Gasteiger partial charge in [-0.3, -0.25) is 4.79 Å². The lowest BCUT2D eigenvalue weighted by molar-refractivity contribution is 0.112. The Kier molecular flexibility index (Phi) is 4.35. The summed E-state index contributed by atoms with van der Waals surface area (Å²) in [4.78, 5) is 10.7. The number of carbonyl (C=O) groups is 1. The normalized spacial score (nSPS) is 10.7. The second-order valence-electron chi connectivity index (χ2n) is 4.58. The molecule has 0 saturated carbocycles. The summed E-state index contributed by atoms with van der Waals surface area (Å²) in [7, 11) is 0. The number of hydrogen-bond donors (Lipinski definition) is 0. The molecule has 0 unspecified atom stereocenters. The number of unbranched alkanes of at least 4 members (excludes halogenated alkanes) is 3. The number of allylic oxidation sites excluding steroid dienone is 1. The van der Waals surface area contributed by atoms with E-state index in [0.717, 1.165) is 30.2 Å². The number of aldehydes is 1. The quantitative estimate of drug-likeness (QED) is 0.404. The van der Waals surface area contributed by atoms with Gasteiger partial charge >= 0.3 is 0 Å². The van der Waals surface area contributed by atoms with E-state index in [1.54, 1.807) is 0 Å². The van der Waals surface area contributed by atoms with Crippen LogP contribution in [0.15, 0.2) is 43.1 Å². The Balaban J connectivity index is 2.01. The summed E-state index contributed by atoms with van der Waals surface area (Å²) in [6.45, 7) is 4.77. The van der Waals surface area contributed by atoms with Gasteiger partial charge in [-0.1, -0.05) is 12.5 Å². The zero-order valence-electron chi connectivity index (χ0n) is 10.6. The molecular weight excluding hydrogens is 222 g/mol. The Labute approximate surface area is 108 Å². The molecule has 2 heteroatoms. The predicted octanol–water partition coefficient (Wildman–Crippen LogP) is 4.20. The van der Waals surface area contributed by atoms with Crippen LogP contribution in [0.3, 0.4) is 0 Å². The maximum atomic E-state index is 10.7. The minimum atomic E-state index is 0.742. The third-order valence-electron chi connectivity index (χ3n) is 3.24. The molecule has 94 valence electrons. The van der Waals surface area contributed by atoms with E-state index in [2.05, 4.69) is 23.4 Å². The molecule has 0 spiro atoms. The molecular formula is C16H19NO. The minimum absolute atomic E-state index is 0.742. The van der Waals surface area contributed by atoms with E-state index in [0.29, 0.717) is 0 Å². The van der Waals surface area contributed by atoms with Crippen LogP contribution >= 0.6 is 0 Å². The molecule has 1 aromatic carbocycles. The van der Waals surface area contributed by atoms with E-state index in [9.17, 15) is 4.79 Å². The number of aryl methyl sites for hydroxylation is 1. The van der Waals surface area contributed by atoms with Crippen molar-refractivity contribution >= 4 is 17.2 Å². The highest BCUT2D eigenvalue weighted by Crippen LogP contribution is 2.18. The Morgan fingerprint density at radius 2 is 2.06 bits per heavy atom. The first-order valence-corrected chi connectivity index (χ1v) is 6.50. The number of rotatable bonds is 7. The van der Waals surface area contributed by atoms with Gasteiger partial charge in [0, 0.05) is 29.2 Å². The van der Waals surface area contributed by atoms with Gasteiger partial charge in [0.25, 0.3) is 0 Å². The molecule has 0 radical (unpaired) electrons. The van der Waals surface area contributed by atoms with E-state index >= 15 is 0 Å². The van der Waals surface area contributed by atoms with Crippen LogP contribution in [0, 0.1) is 0 Å². The number of benzene rings is 1. The Morgan fingerprint density at radius 3 is 2.83 bits per heavy atom. The highest BCUT2D eigenvalue weighted by atomic mass is 16.1. The molecule has 2 aromatic rings. The predicted molar refractivity (Wildman–Crippen MR) is 76.0 cm³/mol. The van der Waals surface area contributed by atoms with E-state index in [-0.39, 0.29) is 0 Å². The van der Waals surface area contributed by atoms with Gasteiger partial charge in [-0.05, 0) is 43.5 Å². The first-order chi connectivity index (χ1) is 8.85. The molecule has 0 fully saturated rings. The zero-order chi connectivity index (χ0) is 12.8. The number of nitrogens with zero attached hydrogens (tertiary/aromatic N) is 1. The summed E-state index contributed by atoms with van der Waals surface area (Å²) in [5.74, 6) is 0. The van der Waals surface area contributed by atoms with Crippen molar-refractivity contribution in [2.45, 2.75) is 32.2 Å². The standard InChI is InChI=1S/C16H19NO/c1-2-3-4-5-6-10-17-11-9-15-12-14(13-18)7-8-16(15)17/h2,7-9,11-13H,1,3-6,10H2. The zero-order valence-corrected chi connectivity index (χ0v) is 10.6. The van der Waals surface area contributed by atoms with E-state index in [1.807, 2.05) is 24.3 Å². The van der Waals surface area contributed by atoms with Crippen molar-refractivity contribution in [3.63, 3.8) is 0 Å². The summed E-state index contributed by atoms with van der Waals surface area (Å²) in [6, 6.07) is 7.93. The number of hydrogen-bond acceptors (Lipinski definition) is 1. The third kappa shape index (κ3) is 2.89. The molecule has 0 atom stereocenters. The van der Waals surface area contributed by atoms with Crippen molar-refractivity contribution in [2.24, 2.45) is 0 Å². The Bertz CT molecular complexity index is 539. The lowest BCUT2D eigenvalue weighted by Crippen LogP contribution is -1.96. The molecule has 0 N–H and O–H groups in total. The maximum absolute atomic E-state index is 10.7.